The molecule has 7 rings (SSSR count). The Hall–Kier alpha value is -3.77. The molecule has 4 aliphatic rings. The van der Waals surface area contributed by atoms with Crippen molar-refractivity contribution in [1.82, 2.24) is 15.2 Å². The number of nitrogens with zero attached hydrogens (tertiary/aromatic N) is 1. The number of carbonyl (C=O) groups is 4. The summed E-state index contributed by atoms with van der Waals surface area (Å²) in [5.41, 5.74) is -0.507. The number of esters is 1. The third-order valence-electron chi connectivity index (χ3n) is 9.55. The van der Waals surface area contributed by atoms with E-state index >= 15 is 0 Å². The van der Waals surface area contributed by atoms with Gasteiger partial charge in [-0.3, -0.25) is 19.2 Å². The predicted molar refractivity (Wildman–Crippen MR) is 179 cm³/mol. The zero-order chi connectivity index (χ0) is 32.4. The van der Waals surface area contributed by atoms with Gasteiger partial charge in [0.15, 0.2) is 0 Å². The average molecular weight is 710 g/mol. The van der Waals surface area contributed by atoms with Gasteiger partial charge in [-0.25, -0.2) is 4.79 Å². The first-order valence-corrected chi connectivity index (χ1v) is 17.3. The monoisotopic (exact) mass is 708 g/mol. The Kier molecular flexibility index (Phi) is 9.74. The SMILES string of the molecule is COC(=O)/C=C/CC[C@H](NC(=O)c1cc2cc(Br)ccc2s1)C(=O)Nc1cccn(CC(=O)NC2C3CC4CC(C3)CC2C4)c1=O. The molecule has 1 aromatic carbocycles. The lowest BCUT2D eigenvalue weighted by Crippen LogP contribution is -2.56. The van der Waals surface area contributed by atoms with Crippen LogP contribution in [0, 0.1) is 23.7 Å². The van der Waals surface area contributed by atoms with Gasteiger partial charge in [-0.05, 0) is 110 Å². The standard InChI is InChI=1S/C34H37BrN4O6S/c1-45-30(41)7-3-2-5-25(36-33(43)28-17-21-16-24(35)8-9-27(21)46-28)32(42)37-26-6-4-10-39(34(26)44)18-29(40)38-31-22-12-19-11-20(14-22)15-23(31)13-19/h3-4,6-10,16-17,19-20,22-23,25,31H,2,5,11-15,18H2,1H3,(H,36,43)(H,37,42)(H,38,40)/b7-3+/t19?,20?,22?,23?,25-,31?/m0/s1. The maximum Gasteiger partial charge on any atom is 0.330 e. The minimum absolute atomic E-state index is 0.00554. The molecule has 0 spiro atoms. The van der Waals surface area contributed by atoms with Crippen LogP contribution in [0.15, 0.2) is 64.0 Å². The summed E-state index contributed by atoms with van der Waals surface area (Å²) in [5, 5.41) is 9.58. The van der Waals surface area contributed by atoms with E-state index in [1.54, 1.807) is 18.2 Å². The number of fused-ring (bicyclic) bond motifs is 1. The number of carbonyl (C=O) groups excluding carboxylic acids is 4. The van der Waals surface area contributed by atoms with Crippen molar-refractivity contribution >= 4 is 66.7 Å². The molecule has 12 heteroatoms. The van der Waals surface area contributed by atoms with Crippen molar-refractivity contribution in [2.45, 2.75) is 63.6 Å². The molecule has 10 nitrogen and oxygen atoms in total. The number of halogens is 1. The van der Waals surface area contributed by atoms with Gasteiger partial charge in [0.25, 0.3) is 11.5 Å². The molecule has 3 N–H and O–H groups in total. The highest BCUT2D eigenvalue weighted by molar-refractivity contribution is 9.10. The molecule has 3 amide bonds. The number of amides is 3. The number of nitrogens with one attached hydrogen (secondary N) is 3. The third kappa shape index (κ3) is 7.28. The third-order valence-corrected chi connectivity index (χ3v) is 11.2. The fraction of sp³-hybridized carbons (Fsp3) is 0.441. The number of rotatable bonds is 11. The molecule has 0 radical (unpaired) electrons. The summed E-state index contributed by atoms with van der Waals surface area (Å²) in [6.07, 6.45) is 10.8. The summed E-state index contributed by atoms with van der Waals surface area (Å²) >= 11 is 4.75. The number of benzene rings is 1. The molecular formula is C34H37BrN4O6S. The molecule has 0 saturated heterocycles. The van der Waals surface area contributed by atoms with Crippen LogP contribution in [0.5, 0.6) is 0 Å². The first kappa shape index (κ1) is 32.2. The van der Waals surface area contributed by atoms with Gasteiger partial charge in [-0.1, -0.05) is 22.0 Å². The van der Waals surface area contributed by atoms with Gasteiger partial charge in [0.05, 0.1) is 12.0 Å². The lowest BCUT2D eigenvalue weighted by atomic mass is 9.54. The second-order valence-corrected chi connectivity index (χ2v) is 14.7. The minimum Gasteiger partial charge on any atom is -0.466 e. The summed E-state index contributed by atoms with van der Waals surface area (Å²) in [5.74, 6) is 0.877. The molecule has 46 heavy (non-hydrogen) atoms. The van der Waals surface area contributed by atoms with Crippen LogP contribution >= 0.6 is 27.3 Å². The summed E-state index contributed by atoms with van der Waals surface area (Å²) in [6.45, 7) is -0.147. The van der Waals surface area contributed by atoms with Crippen molar-refractivity contribution in [3.8, 4) is 0 Å². The quantitative estimate of drug-likeness (QED) is 0.189. The van der Waals surface area contributed by atoms with Crippen molar-refractivity contribution < 1.29 is 23.9 Å². The number of methoxy groups -OCH3 is 1. The Morgan fingerprint density at radius 1 is 1.07 bits per heavy atom. The van der Waals surface area contributed by atoms with Gasteiger partial charge in [0.1, 0.15) is 18.3 Å². The van der Waals surface area contributed by atoms with Crippen LogP contribution in [0.3, 0.4) is 0 Å². The molecule has 242 valence electrons. The average Bonchev–Trinajstić information content (AvgIpc) is 3.45. The van der Waals surface area contributed by atoms with Gasteiger partial charge >= 0.3 is 5.97 Å². The first-order chi connectivity index (χ1) is 22.2. The van der Waals surface area contributed by atoms with E-state index in [0.717, 1.165) is 26.4 Å². The zero-order valence-corrected chi connectivity index (χ0v) is 27.9. The van der Waals surface area contributed by atoms with Crippen molar-refractivity contribution in [3.63, 3.8) is 0 Å². The topological polar surface area (TPSA) is 136 Å². The van der Waals surface area contributed by atoms with Gasteiger partial charge in [0, 0.05) is 27.5 Å². The number of hydrogen-bond donors (Lipinski definition) is 3. The van der Waals surface area contributed by atoms with E-state index in [9.17, 15) is 24.0 Å². The smallest absolute Gasteiger partial charge is 0.330 e. The summed E-state index contributed by atoms with van der Waals surface area (Å²) in [4.78, 5) is 65.2. The number of thiophene rings is 1. The van der Waals surface area contributed by atoms with Crippen molar-refractivity contribution in [1.29, 1.82) is 0 Å². The predicted octanol–water partition coefficient (Wildman–Crippen LogP) is 5.01. The molecule has 1 atom stereocenters. The van der Waals surface area contributed by atoms with Crippen molar-refractivity contribution in [3.05, 3.63) is 74.5 Å². The van der Waals surface area contributed by atoms with Crippen molar-refractivity contribution in [2.75, 3.05) is 12.4 Å². The van der Waals surface area contributed by atoms with E-state index in [1.807, 2.05) is 18.2 Å². The highest BCUT2D eigenvalue weighted by atomic mass is 79.9. The van der Waals surface area contributed by atoms with Crippen molar-refractivity contribution in [2.24, 2.45) is 23.7 Å². The maximum absolute atomic E-state index is 13.5. The normalized spacial score (nSPS) is 23.7. The Bertz CT molecular complexity index is 1720. The molecule has 4 bridgehead atoms. The van der Waals surface area contributed by atoms with Gasteiger partial charge in [0.2, 0.25) is 11.8 Å². The lowest BCUT2D eigenvalue weighted by molar-refractivity contribution is -0.134. The lowest BCUT2D eigenvalue weighted by Gasteiger charge is -2.54. The van der Waals surface area contributed by atoms with Crippen LogP contribution in [-0.2, 0) is 25.7 Å². The van der Waals surface area contributed by atoms with Crippen LogP contribution in [0.25, 0.3) is 10.1 Å². The van der Waals surface area contributed by atoms with Gasteiger partial charge in [-0.2, -0.15) is 0 Å². The largest absolute Gasteiger partial charge is 0.466 e. The Morgan fingerprint density at radius 2 is 1.80 bits per heavy atom. The number of aromatic nitrogens is 1. The van der Waals surface area contributed by atoms with Crippen LogP contribution in [-0.4, -0.2) is 47.5 Å². The molecule has 4 aliphatic carbocycles. The summed E-state index contributed by atoms with van der Waals surface area (Å²) in [6, 6.07) is 9.71. The molecule has 2 aromatic heterocycles. The molecule has 0 unspecified atom stereocenters. The van der Waals surface area contributed by atoms with Crippen LogP contribution in [0.1, 0.15) is 54.6 Å². The first-order valence-electron chi connectivity index (χ1n) is 15.7. The molecule has 4 fully saturated rings. The summed E-state index contributed by atoms with van der Waals surface area (Å²) in [7, 11) is 1.27. The Morgan fingerprint density at radius 3 is 2.52 bits per heavy atom. The minimum atomic E-state index is -1.01. The second kappa shape index (κ2) is 13.9. The highest BCUT2D eigenvalue weighted by Gasteiger charge is 2.48. The molecule has 4 saturated carbocycles. The number of anilines is 1. The fourth-order valence-electron chi connectivity index (χ4n) is 7.66. The van der Waals surface area contributed by atoms with E-state index in [-0.39, 0.29) is 37.0 Å². The second-order valence-electron chi connectivity index (χ2n) is 12.7. The molecule has 2 heterocycles. The van der Waals surface area contributed by atoms with E-state index in [2.05, 4.69) is 36.6 Å². The van der Waals surface area contributed by atoms with E-state index in [0.29, 0.717) is 16.7 Å². The Labute approximate surface area is 279 Å². The Balaban J connectivity index is 1.12. The zero-order valence-electron chi connectivity index (χ0n) is 25.5. The highest BCUT2D eigenvalue weighted by Crippen LogP contribution is 2.53. The maximum atomic E-state index is 13.5. The van der Waals surface area contributed by atoms with Crippen LogP contribution < -0.4 is 21.5 Å². The van der Waals surface area contributed by atoms with Crippen LogP contribution in [0.2, 0.25) is 0 Å². The number of allylic oxidation sites excluding steroid dienone is 1. The van der Waals surface area contributed by atoms with E-state index in [4.69, 9.17) is 0 Å². The number of pyridine rings is 1. The van der Waals surface area contributed by atoms with E-state index < -0.39 is 29.4 Å². The molecule has 0 aliphatic heterocycles. The number of hydrogen-bond acceptors (Lipinski definition) is 7. The van der Waals surface area contributed by atoms with Gasteiger partial charge < -0.3 is 25.3 Å². The van der Waals surface area contributed by atoms with Gasteiger partial charge in [-0.15, -0.1) is 11.3 Å². The fourth-order valence-corrected chi connectivity index (χ4v) is 8.98. The molecular weight excluding hydrogens is 672 g/mol. The summed E-state index contributed by atoms with van der Waals surface area (Å²) < 4.78 is 7.73. The number of ether oxygens (including phenoxy) is 1. The van der Waals surface area contributed by atoms with Crippen LogP contribution in [0.4, 0.5) is 5.69 Å². The van der Waals surface area contributed by atoms with E-state index in [1.165, 1.54) is 73.5 Å². The molecule has 3 aromatic rings.